The molecule has 2 aromatic carbocycles. The summed E-state index contributed by atoms with van der Waals surface area (Å²) < 4.78 is 26.9. The molecule has 1 aromatic heterocycles. The van der Waals surface area contributed by atoms with E-state index in [1.165, 1.54) is 35.2 Å². The maximum absolute atomic E-state index is 13.0. The molecule has 0 spiro atoms. The number of amides is 1. The number of rotatable bonds is 5. The molecule has 0 fully saturated rings. The molecule has 0 unspecified atom stereocenters. The number of carbonyl (C=O) groups excluding carboxylic acids is 1. The Hall–Kier alpha value is -2.32. The quantitative estimate of drug-likeness (QED) is 0.598. The average molecular weight is 404 g/mol. The molecule has 27 heavy (non-hydrogen) atoms. The highest BCUT2D eigenvalue weighted by atomic mass is 32.2. The molecule has 4 rings (SSSR count). The lowest BCUT2D eigenvalue weighted by Gasteiger charge is -2.03. The highest BCUT2D eigenvalue weighted by molar-refractivity contribution is 8.00. The van der Waals surface area contributed by atoms with Gasteiger partial charge in [-0.1, -0.05) is 18.3 Å². The van der Waals surface area contributed by atoms with Crippen molar-refractivity contribution < 1.29 is 18.7 Å². The summed E-state index contributed by atoms with van der Waals surface area (Å²) in [5.74, 6) is 1.13. The number of halogens is 1. The monoisotopic (exact) mass is 404 g/mol. The molecule has 2 heterocycles. The summed E-state index contributed by atoms with van der Waals surface area (Å²) in [6, 6.07) is 9.96. The van der Waals surface area contributed by atoms with Crippen molar-refractivity contribution in [1.82, 2.24) is 4.57 Å². The molecule has 0 N–H and O–H groups in total. The fraction of sp³-hybridized carbons (Fsp3) is 0.263. The number of thiazole rings is 1. The Bertz CT molecular complexity index is 1060. The first-order chi connectivity index (χ1) is 13.1. The van der Waals surface area contributed by atoms with Crippen molar-refractivity contribution in [1.29, 1.82) is 0 Å². The molecule has 140 valence electrons. The zero-order valence-electron chi connectivity index (χ0n) is 14.6. The van der Waals surface area contributed by atoms with Crippen molar-refractivity contribution >= 4 is 39.2 Å². The first-order valence-electron chi connectivity index (χ1n) is 8.53. The van der Waals surface area contributed by atoms with Gasteiger partial charge in [0.15, 0.2) is 16.3 Å². The van der Waals surface area contributed by atoms with Crippen LogP contribution < -0.4 is 14.3 Å². The van der Waals surface area contributed by atoms with Crippen molar-refractivity contribution in [3.63, 3.8) is 0 Å². The maximum atomic E-state index is 13.0. The fourth-order valence-electron chi connectivity index (χ4n) is 2.80. The van der Waals surface area contributed by atoms with Crippen molar-refractivity contribution in [2.45, 2.75) is 24.8 Å². The van der Waals surface area contributed by atoms with Crippen LogP contribution in [0.3, 0.4) is 0 Å². The molecule has 0 aliphatic carbocycles. The number of hydrogen-bond acceptors (Lipinski definition) is 5. The predicted molar refractivity (Wildman–Crippen MR) is 104 cm³/mol. The largest absolute Gasteiger partial charge is 0.454 e. The molecule has 0 saturated carbocycles. The lowest BCUT2D eigenvalue weighted by Crippen LogP contribution is -2.17. The summed E-state index contributed by atoms with van der Waals surface area (Å²) in [5.41, 5.74) is 0.990. The van der Waals surface area contributed by atoms with Gasteiger partial charge in [-0.25, -0.2) is 4.39 Å². The highest BCUT2D eigenvalue weighted by Gasteiger charge is 2.17. The maximum Gasteiger partial charge on any atom is 0.258 e. The molecule has 1 aliphatic rings. The smallest absolute Gasteiger partial charge is 0.258 e. The van der Waals surface area contributed by atoms with E-state index in [4.69, 9.17) is 9.47 Å². The number of thioether (sulfide) groups is 1. The third-order valence-electron chi connectivity index (χ3n) is 4.02. The summed E-state index contributed by atoms with van der Waals surface area (Å²) in [6.45, 7) is 3.08. The van der Waals surface area contributed by atoms with Crippen molar-refractivity contribution in [3.05, 3.63) is 47.0 Å². The molecule has 0 radical (unpaired) electrons. The van der Waals surface area contributed by atoms with Gasteiger partial charge >= 0.3 is 0 Å². The number of ether oxygens (including phenoxy) is 2. The van der Waals surface area contributed by atoms with Crippen LogP contribution >= 0.6 is 23.1 Å². The third kappa shape index (κ3) is 3.86. The van der Waals surface area contributed by atoms with Gasteiger partial charge in [0.2, 0.25) is 6.79 Å². The van der Waals surface area contributed by atoms with E-state index >= 15 is 0 Å². The SMILES string of the molecule is CCCn1c(=NC(=O)CSc2ccc(F)cc2)sc2cc3c(cc21)OCO3. The van der Waals surface area contributed by atoms with E-state index in [-0.39, 0.29) is 24.3 Å². The number of nitrogens with zero attached hydrogens (tertiary/aromatic N) is 2. The van der Waals surface area contributed by atoms with Gasteiger partial charge in [-0.3, -0.25) is 4.79 Å². The number of fused-ring (bicyclic) bond motifs is 2. The van der Waals surface area contributed by atoms with Crippen LogP contribution in [-0.4, -0.2) is 23.0 Å². The van der Waals surface area contributed by atoms with Crippen LogP contribution in [0.2, 0.25) is 0 Å². The zero-order chi connectivity index (χ0) is 18.8. The lowest BCUT2D eigenvalue weighted by atomic mass is 10.3. The normalized spacial score (nSPS) is 13.5. The molecule has 0 atom stereocenters. The molecular formula is C19H17FN2O3S2. The molecule has 5 nitrogen and oxygen atoms in total. The molecule has 0 saturated heterocycles. The van der Waals surface area contributed by atoms with E-state index in [1.807, 2.05) is 16.7 Å². The van der Waals surface area contributed by atoms with E-state index in [0.717, 1.165) is 39.6 Å². The van der Waals surface area contributed by atoms with E-state index < -0.39 is 0 Å². The van der Waals surface area contributed by atoms with Crippen LogP contribution in [0.1, 0.15) is 13.3 Å². The highest BCUT2D eigenvalue weighted by Crippen LogP contribution is 2.37. The summed E-state index contributed by atoms with van der Waals surface area (Å²) >= 11 is 2.81. The lowest BCUT2D eigenvalue weighted by molar-refractivity contribution is -0.115. The standard InChI is InChI=1S/C19H17FN2O3S2/c1-2-7-22-14-8-15-16(25-11-24-15)9-17(14)27-19(22)21-18(23)10-26-13-5-3-12(20)4-6-13/h3-6,8-9H,2,7,10-11H2,1H3. The van der Waals surface area contributed by atoms with Gasteiger partial charge in [0.05, 0.1) is 16.0 Å². The number of aryl methyl sites for hydroxylation is 1. The molecule has 0 bridgehead atoms. The molecule has 1 amide bonds. The first kappa shape index (κ1) is 18.1. The molecule has 1 aliphatic heterocycles. The third-order valence-corrected chi connectivity index (χ3v) is 6.06. The summed E-state index contributed by atoms with van der Waals surface area (Å²) in [6.07, 6.45) is 0.923. The molecular weight excluding hydrogens is 387 g/mol. The van der Waals surface area contributed by atoms with Gasteiger partial charge in [0, 0.05) is 23.6 Å². The second kappa shape index (κ2) is 7.74. The second-order valence-electron chi connectivity index (χ2n) is 5.96. The Morgan fingerprint density at radius 2 is 2.00 bits per heavy atom. The summed E-state index contributed by atoms with van der Waals surface area (Å²) in [7, 11) is 0. The Kier molecular flexibility index (Phi) is 5.18. The molecule has 3 aromatic rings. The van der Waals surface area contributed by atoms with Crippen LogP contribution in [0.5, 0.6) is 11.5 Å². The van der Waals surface area contributed by atoms with Crippen LogP contribution in [-0.2, 0) is 11.3 Å². The second-order valence-corrected chi connectivity index (χ2v) is 8.02. The van der Waals surface area contributed by atoms with Crippen LogP contribution in [0.15, 0.2) is 46.3 Å². The number of carbonyl (C=O) groups is 1. The van der Waals surface area contributed by atoms with E-state index in [2.05, 4.69) is 11.9 Å². The topological polar surface area (TPSA) is 52.8 Å². The zero-order valence-corrected chi connectivity index (χ0v) is 16.2. The predicted octanol–water partition coefficient (Wildman–Crippen LogP) is 4.20. The Balaban J connectivity index is 1.62. The average Bonchev–Trinajstić information content (AvgIpc) is 3.24. The van der Waals surface area contributed by atoms with Crippen molar-refractivity contribution in [2.75, 3.05) is 12.5 Å². The summed E-state index contributed by atoms with van der Waals surface area (Å²) in [4.78, 5) is 18.2. The van der Waals surface area contributed by atoms with Gasteiger partial charge in [0.25, 0.3) is 5.91 Å². The minimum absolute atomic E-state index is 0.203. The van der Waals surface area contributed by atoms with Gasteiger partial charge in [-0.2, -0.15) is 4.99 Å². The minimum atomic E-state index is -0.291. The Morgan fingerprint density at radius 3 is 2.74 bits per heavy atom. The first-order valence-corrected chi connectivity index (χ1v) is 10.3. The number of hydrogen-bond donors (Lipinski definition) is 0. The Morgan fingerprint density at radius 1 is 1.26 bits per heavy atom. The van der Waals surface area contributed by atoms with Crippen molar-refractivity contribution in [2.24, 2.45) is 4.99 Å². The molecule has 8 heteroatoms. The van der Waals surface area contributed by atoms with Crippen LogP contribution in [0, 0.1) is 5.82 Å². The van der Waals surface area contributed by atoms with Gasteiger partial charge in [-0.05, 0) is 30.7 Å². The van der Waals surface area contributed by atoms with E-state index in [1.54, 1.807) is 12.1 Å². The van der Waals surface area contributed by atoms with E-state index in [0.29, 0.717) is 4.80 Å². The minimum Gasteiger partial charge on any atom is -0.454 e. The van der Waals surface area contributed by atoms with Crippen LogP contribution in [0.25, 0.3) is 10.2 Å². The fourth-order valence-corrected chi connectivity index (χ4v) is 4.57. The van der Waals surface area contributed by atoms with E-state index in [9.17, 15) is 9.18 Å². The number of benzene rings is 2. The Labute approximate surface area is 163 Å². The van der Waals surface area contributed by atoms with Gasteiger partial charge in [0.1, 0.15) is 5.82 Å². The van der Waals surface area contributed by atoms with Gasteiger partial charge in [-0.15, -0.1) is 11.8 Å². The van der Waals surface area contributed by atoms with Crippen molar-refractivity contribution in [3.8, 4) is 11.5 Å². The summed E-state index contributed by atoms with van der Waals surface area (Å²) in [5, 5.41) is 0. The van der Waals surface area contributed by atoms with Crippen LogP contribution in [0.4, 0.5) is 4.39 Å². The van der Waals surface area contributed by atoms with Gasteiger partial charge < -0.3 is 14.0 Å². The number of aromatic nitrogens is 1.